The van der Waals surface area contributed by atoms with Gasteiger partial charge in [-0.05, 0) is 43.4 Å². The quantitative estimate of drug-likeness (QED) is 0.202. The maximum Gasteiger partial charge on any atom is 0.320 e. The number of esters is 2. The molecule has 0 bridgehead atoms. The van der Waals surface area contributed by atoms with Crippen molar-refractivity contribution in [3.8, 4) is 5.75 Å². The van der Waals surface area contributed by atoms with E-state index in [1.54, 1.807) is 4.90 Å². The molecule has 13 nitrogen and oxygen atoms in total. The molecule has 1 heterocycles. The predicted octanol–water partition coefficient (Wildman–Crippen LogP) is 1.29. The Hall–Kier alpha value is -3.26. The first-order chi connectivity index (χ1) is 21.1. The third-order valence-electron chi connectivity index (χ3n) is 7.75. The van der Waals surface area contributed by atoms with Gasteiger partial charge in [0.25, 0.3) is 0 Å². The summed E-state index contributed by atoms with van der Waals surface area (Å²) in [4.78, 5) is 55.7. The molecular weight excluding hydrogens is 572 g/mol. The third-order valence-corrected chi connectivity index (χ3v) is 7.75. The van der Waals surface area contributed by atoms with E-state index in [2.05, 4.69) is 6.92 Å². The molecular formula is C31H50N4O9. The van der Waals surface area contributed by atoms with Crippen molar-refractivity contribution in [1.82, 2.24) is 19.6 Å². The first-order valence-corrected chi connectivity index (χ1v) is 15.4. The van der Waals surface area contributed by atoms with Crippen molar-refractivity contribution in [2.24, 2.45) is 0 Å². The number of carboxylic acids is 2. The van der Waals surface area contributed by atoms with Crippen LogP contribution in [0.5, 0.6) is 5.75 Å². The number of carbonyl (C=O) groups is 4. The van der Waals surface area contributed by atoms with Crippen LogP contribution in [0.15, 0.2) is 24.3 Å². The lowest BCUT2D eigenvalue weighted by Crippen LogP contribution is -2.51. The van der Waals surface area contributed by atoms with Crippen molar-refractivity contribution in [2.45, 2.75) is 45.1 Å². The Labute approximate surface area is 260 Å². The summed E-state index contributed by atoms with van der Waals surface area (Å²) in [6.45, 7) is 5.68. The third kappa shape index (κ3) is 14.5. The SMILES string of the molecule is CCCCOc1ccc(CCCC(C(=O)O)N2CCN(CC(=O)O)CCN(CC(=O)OC)CCN(CC(=O)OC)CC2)cc1. The second-order valence-corrected chi connectivity index (χ2v) is 11.0. The number of ether oxygens (including phenoxy) is 3. The number of benzene rings is 1. The lowest BCUT2D eigenvalue weighted by Gasteiger charge is -2.35. The standard InChI is InChI=1S/C31H50N4O9/c1-4-5-21-44-26-11-9-25(10-12-26)7-6-8-27(31(40)41)35-19-17-32(22-28(36)37)13-14-33(23-29(38)42-2)15-16-34(18-20-35)24-30(39)43-3/h9-12,27H,4-8,13-24H2,1-3H3,(H,36,37)(H,40,41). The average Bonchev–Trinajstić information content (AvgIpc) is 2.99. The van der Waals surface area contributed by atoms with Gasteiger partial charge in [0.05, 0.1) is 40.5 Å². The Bertz CT molecular complexity index is 1020. The number of carbonyl (C=O) groups excluding carboxylic acids is 2. The zero-order valence-corrected chi connectivity index (χ0v) is 26.4. The summed E-state index contributed by atoms with van der Waals surface area (Å²) in [7, 11) is 2.63. The van der Waals surface area contributed by atoms with E-state index in [1.807, 2.05) is 39.0 Å². The minimum Gasteiger partial charge on any atom is -0.494 e. The monoisotopic (exact) mass is 622 g/mol. The lowest BCUT2D eigenvalue weighted by atomic mass is 10.0. The van der Waals surface area contributed by atoms with Gasteiger partial charge in [0, 0.05) is 52.4 Å². The highest BCUT2D eigenvalue weighted by atomic mass is 16.5. The Balaban J connectivity index is 2.15. The first-order valence-electron chi connectivity index (χ1n) is 15.4. The number of methoxy groups -OCH3 is 2. The highest BCUT2D eigenvalue weighted by Gasteiger charge is 2.28. The van der Waals surface area contributed by atoms with Gasteiger partial charge in [-0.2, -0.15) is 0 Å². The number of aliphatic carboxylic acids is 2. The van der Waals surface area contributed by atoms with Crippen LogP contribution in [0.25, 0.3) is 0 Å². The fraction of sp³-hybridized carbons (Fsp3) is 0.677. The molecule has 0 spiro atoms. The Morgan fingerprint density at radius 1 is 0.750 bits per heavy atom. The van der Waals surface area contributed by atoms with Gasteiger partial charge in [-0.1, -0.05) is 25.5 Å². The van der Waals surface area contributed by atoms with Crippen LogP contribution < -0.4 is 4.74 Å². The van der Waals surface area contributed by atoms with Gasteiger partial charge in [-0.25, -0.2) is 0 Å². The topological polar surface area (TPSA) is 149 Å². The number of carboxylic acid groups (broad SMARTS) is 2. The Kier molecular flexibility index (Phi) is 17.3. The van der Waals surface area contributed by atoms with Crippen molar-refractivity contribution in [3.05, 3.63) is 29.8 Å². The molecule has 1 aliphatic rings. The number of rotatable bonds is 16. The van der Waals surface area contributed by atoms with Crippen LogP contribution in [0.3, 0.4) is 0 Å². The van der Waals surface area contributed by atoms with E-state index in [-0.39, 0.29) is 19.6 Å². The van der Waals surface area contributed by atoms with E-state index < -0.39 is 29.9 Å². The molecule has 1 fully saturated rings. The highest BCUT2D eigenvalue weighted by molar-refractivity contribution is 5.73. The maximum atomic E-state index is 12.5. The largest absolute Gasteiger partial charge is 0.494 e. The van der Waals surface area contributed by atoms with Gasteiger partial charge in [-0.15, -0.1) is 0 Å². The van der Waals surface area contributed by atoms with Gasteiger partial charge >= 0.3 is 23.9 Å². The van der Waals surface area contributed by atoms with Crippen LogP contribution in [-0.4, -0.2) is 153 Å². The summed E-state index contributed by atoms with van der Waals surface area (Å²) in [5.41, 5.74) is 1.10. The van der Waals surface area contributed by atoms with Gasteiger partial charge in [-0.3, -0.25) is 38.8 Å². The van der Waals surface area contributed by atoms with Crippen molar-refractivity contribution < 1.29 is 43.6 Å². The first kappa shape index (κ1) is 36.9. The summed E-state index contributed by atoms with van der Waals surface area (Å²) in [6, 6.07) is 7.11. The van der Waals surface area contributed by atoms with Crippen LogP contribution in [0, 0.1) is 0 Å². The average molecular weight is 623 g/mol. The van der Waals surface area contributed by atoms with Crippen molar-refractivity contribution in [2.75, 3.05) is 92.8 Å². The van der Waals surface area contributed by atoms with Crippen LogP contribution in [0.2, 0.25) is 0 Å². The number of nitrogens with zero attached hydrogens (tertiary/aromatic N) is 4. The van der Waals surface area contributed by atoms with E-state index in [1.165, 1.54) is 14.2 Å². The summed E-state index contributed by atoms with van der Waals surface area (Å²) < 4.78 is 15.4. The maximum absolute atomic E-state index is 12.5. The van der Waals surface area contributed by atoms with E-state index in [4.69, 9.17) is 14.2 Å². The Morgan fingerprint density at radius 3 is 1.70 bits per heavy atom. The molecule has 1 aliphatic heterocycles. The number of hydrogen-bond acceptors (Lipinski definition) is 11. The smallest absolute Gasteiger partial charge is 0.320 e. The molecule has 1 saturated heterocycles. The van der Waals surface area contributed by atoms with Gasteiger partial charge < -0.3 is 24.4 Å². The second kappa shape index (κ2) is 20.7. The molecule has 0 amide bonds. The minimum atomic E-state index is -0.982. The molecule has 248 valence electrons. The summed E-state index contributed by atoms with van der Waals surface area (Å²) in [5, 5.41) is 19.8. The molecule has 1 unspecified atom stereocenters. The zero-order chi connectivity index (χ0) is 32.3. The highest BCUT2D eigenvalue weighted by Crippen LogP contribution is 2.17. The molecule has 0 aliphatic carbocycles. The lowest BCUT2D eigenvalue weighted by molar-refractivity contribution is -0.145. The number of hydrogen-bond donors (Lipinski definition) is 2. The molecule has 0 radical (unpaired) electrons. The van der Waals surface area contributed by atoms with Crippen LogP contribution in [-0.2, 0) is 35.1 Å². The molecule has 1 atom stereocenters. The molecule has 2 rings (SSSR count). The van der Waals surface area contributed by atoms with Crippen LogP contribution in [0.1, 0.15) is 38.2 Å². The zero-order valence-electron chi connectivity index (χ0n) is 26.4. The normalized spacial score (nSPS) is 17.2. The van der Waals surface area contributed by atoms with Gasteiger partial charge in [0.1, 0.15) is 11.8 Å². The number of unbranched alkanes of at least 4 members (excludes halogenated alkanes) is 1. The molecule has 13 heteroatoms. The van der Waals surface area contributed by atoms with E-state index >= 15 is 0 Å². The summed E-state index contributed by atoms with van der Waals surface area (Å²) in [6.07, 6.45) is 3.83. The fourth-order valence-corrected chi connectivity index (χ4v) is 5.07. The molecule has 1 aromatic rings. The molecule has 44 heavy (non-hydrogen) atoms. The van der Waals surface area contributed by atoms with Crippen molar-refractivity contribution >= 4 is 23.9 Å². The second-order valence-electron chi connectivity index (χ2n) is 11.0. The molecule has 0 saturated carbocycles. The van der Waals surface area contributed by atoms with Crippen molar-refractivity contribution in [3.63, 3.8) is 0 Å². The Morgan fingerprint density at radius 2 is 1.25 bits per heavy atom. The van der Waals surface area contributed by atoms with Crippen LogP contribution >= 0.6 is 0 Å². The van der Waals surface area contributed by atoms with Crippen molar-refractivity contribution in [1.29, 1.82) is 0 Å². The molecule has 2 N–H and O–H groups in total. The summed E-state index contributed by atoms with van der Waals surface area (Å²) in [5.74, 6) is -1.92. The molecule has 0 aromatic heterocycles. The van der Waals surface area contributed by atoms with E-state index in [0.717, 1.165) is 24.2 Å². The van der Waals surface area contributed by atoms with Gasteiger partial charge in [0.15, 0.2) is 0 Å². The molecule has 1 aromatic carbocycles. The fourth-order valence-electron chi connectivity index (χ4n) is 5.07. The van der Waals surface area contributed by atoms with E-state index in [0.29, 0.717) is 78.2 Å². The summed E-state index contributed by atoms with van der Waals surface area (Å²) >= 11 is 0. The van der Waals surface area contributed by atoms with E-state index in [9.17, 15) is 29.4 Å². The minimum absolute atomic E-state index is 0.0252. The predicted molar refractivity (Wildman–Crippen MR) is 164 cm³/mol. The number of aryl methyl sites for hydroxylation is 1. The van der Waals surface area contributed by atoms with Crippen LogP contribution in [0.4, 0.5) is 0 Å². The van der Waals surface area contributed by atoms with Gasteiger partial charge in [0.2, 0.25) is 0 Å².